The summed E-state index contributed by atoms with van der Waals surface area (Å²) in [6.45, 7) is 0. The van der Waals surface area contributed by atoms with Crippen molar-refractivity contribution in [1.82, 2.24) is 0 Å². The molecule has 108 valence electrons. The van der Waals surface area contributed by atoms with Crippen LogP contribution in [0.4, 0.5) is 30.7 Å². The van der Waals surface area contributed by atoms with Crippen LogP contribution in [-0.4, -0.2) is 13.9 Å². The van der Waals surface area contributed by atoms with Crippen LogP contribution in [0.2, 0.25) is 0 Å². The normalized spacial score (nSPS) is 13.4. The van der Waals surface area contributed by atoms with E-state index in [1.54, 1.807) is 0 Å². The van der Waals surface area contributed by atoms with Crippen molar-refractivity contribution in [3.05, 3.63) is 29.6 Å². The predicted octanol–water partition coefficient (Wildman–Crippen LogP) is 3.07. The Morgan fingerprint density at radius 2 is 1.47 bits per heavy atom. The van der Waals surface area contributed by atoms with E-state index in [-0.39, 0.29) is 18.2 Å². The van der Waals surface area contributed by atoms with Gasteiger partial charge in [0.05, 0.1) is 5.56 Å². The zero-order valence-corrected chi connectivity index (χ0v) is 9.33. The second-order valence-corrected chi connectivity index (χ2v) is 4.69. The average molecular weight is 312 g/mol. The molecule has 0 spiro atoms. The molecule has 0 heterocycles. The minimum atomic E-state index is -6.16. The molecule has 0 aliphatic carbocycles. The quantitative estimate of drug-likeness (QED) is 0.479. The fourth-order valence-corrected chi connectivity index (χ4v) is 1.39. The third kappa shape index (κ3) is 3.72. The molecule has 11 heteroatoms. The van der Waals surface area contributed by atoms with Crippen molar-refractivity contribution in [3.63, 3.8) is 0 Å². The molecule has 1 aromatic rings. The Labute approximate surface area is 101 Å². The number of rotatable bonds is 2. The predicted molar refractivity (Wildman–Crippen MR) is 47.0 cm³/mol. The topological polar surface area (TPSA) is 43.4 Å². The van der Waals surface area contributed by atoms with Gasteiger partial charge in [-0.1, -0.05) is 0 Å². The van der Waals surface area contributed by atoms with Gasteiger partial charge in [-0.05, 0) is 12.1 Å². The van der Waals surface area contributed by atoms with E-state index in [0.29, 0.717) is 0 Å². The van der Waals surface area contributed by atoms with Gasteiger partial charge in [-0.15, -0.1) is 0 Å². The monoisotopic (exact) mass is 312 g/mol. The highest BCUT2D eigenvalue weighted by atomic mass is 32.2. The van der Waals surface area contributed by atoms with Gasteiger partial charge in [-0.3, -0.25) is 0 Å². The van der Waals surface area contributed by atoms with Crippen LogP contribution >= 0.6 is 0 Å². The molecule has 0 aromatic heterocycles. The zero-order chi connectivity index (χ0) is 15.1. The van der Waals surface area contributed by atoms with E-state index in [9.17, 15) is 39.2 Å². The minimum Gasteiger partial charge on any atom is -0.376 e. The Morgan fingerprint density at radius 1 is 0.947 bits per heavy atom. The van der Waals surface area contributed by atoms with Crippen LogP contribution in [-0.2, 0) is 16.3 Å². The van der Waals surface area contributed by atoms with Crippen molar-refractivity contribution in [2.45, 2.75) is 11.7 Å². The fraction of sp³-hybridized carbons (Fsp3) is 0.250. The molecular weight excluding hydrogens is 309 g/mol. The highest BCUT2D eigenvalue weighted by Crippen LogP contribution is 2.34. The summed E-state index contributed by atoms with van der Waals surface area (Å²) in [5.74, 6) is -3.02. The molecule has 0 radical (unpaired) electrons. The standard InChI is InChI=1S/C8H3F7O3S/c9-5-1-4(7(10,11)12)2-6(3-5)18-19(16,17)8(13,14)15/h1-3H. The SMILES string of the molecule is O=S(=O)(Oc1cc(F)cc(C(F)(F)F)c1)C(F)(F)F. The third-order valence-electron chi connectivity index (χ3n) is 1.69. The summed E-state index contributed by atoms with van der Waals surface area (Å²) in [4.78, 5) is 0. The highest BCUT2D eigenvalue weighted by Gasteiger charge is 2.48. The van der Waals surface area contributed by atoms with E-state index >= 15 is 0 Å². The van der Waals surface area contributed by atoms with Crippen LogP contribution in [0, 0.1) is 5.82 Å². The van der Waals surface area contributed by atoms with Crippen LogP contribution in [0.3, 0.4) is 0 Å². The van der Waals surface area contributed by atoms with Gasteiger partial charge in [0.2, 0.25) is 0 Å². The molecule has 0 unspecified atom stereocenters. The molecule has 3 nitrogen and oxygen atoms in total. The minimum absolute atomic E-state index is 0.0208. The first-order valence-electron chi connectivity index (χ1n) is 4.21. The molecule has 0 fully saturated rings. The summed E-state index contributed by atoms with van der Waals surface area (Å²) in [5, 5.41) is 0. The van der Waals surface area contributed by atoms with Crippen molar-refractivity contribution in [2.24, 2.45) is 0 Å². The maximum absolute atomic E-state index is 12.8. The second kappa shape index (κ2) is 4.54. The van der Waals surface area contributed by atoms with Gasteiger partial charge < -0.3 is 4.18 Å². The van der Waals surface area contributed by atoms with Crippen molar-refractivity contribution >= 4 is 10.1 Å². The molecule has 0 atom stereocenters. The molecule has 1 aromatic carbocycles. The van der Waals surface area contributed by atoms with Gasteiger partial charge in [0, 0.05) is 6.07 Å². The van der Waals surface area contributed by atoms with Crippen LogP contribution in [0.5, 0.6) is 5.75 Å². The lowest BCUT2D eigenvalue weighted by Gasteiger charge is -2.12. The van der Waals surface area contributed by atoms with Crippen LogP contribution in [0.15, 0.2) is 18.2 Å². The Morgan fingerprint density at radius 3 is 1.89 bits per heavy atom. The van der Waals surface area contributed by atoms with Crippen molar-refractivity contribution in [2.75, 3.05) is 0 Å². The first kappa shape index (κ1) is 15.5. The summed E-state index contributed by atoms with van der Waals surface area (Å²) in [6.07, 6.45) is -5.07. The van der Waals surface area contributed by atoms with E-state index in [1.165, 1.54) is 0 Å². The second-order valence-electron chi connectivity index (χ2n) is 3.16. The van der Waals surface area contributed by atoms with E-state index in [1.807, 2.05) is 0 Å². The lowest BCUT2D eigenvalue weighted by atomic mass is 10.2. The van der Waals surface area contributed by atoms with Crippen LogP contribution < -0.4 is 4.18 Å². The molecule has 0 saturated carbocycles. The smallest absolute Gasteiger partial charge is 0.376 e. The van der Waals surface area contributed by atoms with Crippen LogP contribution in [0.1, 0.15) is 5.56 Å². The maximum atomic E-state index is 12.8. The van der Waals surface area contributed by atoms with Gasteiger partial charge in [-0.25, -0.2) is 4.39 Å². The zero-order valence-electron chi connectivity index (χ0n) is 8.51. The Kier molecular flexibility index (Phi) is 3.72. The van der Waals surface area contributed by atoms with E-state index in [0.717, 1.165) is 0 Å². The van der Waals surface area contributed by atoms with Gasteiger partial charge in [0.15, 0.2) is 0 Å². The van der Waals surface area contributed by atoms with Crippen molar-refractivity contribution < 1.29 is 43.3 Å². The molecular formula is C8H3F7O3S. The lowest BCUT2D eigenvalue weighted by Crippen LogP contribution is -2.28. The van der Waals surface area contributed by atoms with Gasteiger partial charge in [0.25, 0.3) is 0 Å². The molecule has 0 aliphatic heterocycles. The molecule has 0 amide bonds. The molecule has 19 heavy (non-hydrogen) atoms. The third-order valence-corrected chi connectivity index (χ3v) is 2.67. The van der Waals surface area contributed by atoms with E-state index < -0.39 is 38.9 Å². The number of halogens is 7. The van der Waals surface area contributed by atoms with Crippen molar-refractivity contribution in [1.29, 1.82) is 0 Å². The molecule has 1 rings (SSSR count). The van der Waals surface area contributed by atoms with Gasteiger partial charge in [0.1, 0.15) is 11.6 Å². The van der Waals surface area contributed by atoms with Crippen LogP contribution in [0.25, 0.3) is 0 Å². The molecule has 0 N–H and O–H groups in total. The summed E-state index contributed by atoms with van der Waals surface area (Å²) < 4.78 is 110. The fourth-order valence-electron chi connectivity index (χ4n) is 0.948. The largest absolute Gasteiger partial charge is 0.534 e. The van der Waals surface area contributed by atoms with E-state index in [2.05, 4.69) is 4.18 Å². The number of hydrogen-bond acceptors (Lipinski definition) is 3. The first-order valence-corrected chi connectivity index (χ1v) is 5.62. The molecule has 0 aliphatic rings. The van der Waals surface area contributed by atoms with E-state index in [4.69, 9.17) is 0 Å². The highest BCUT2D eigenvalue weighted by molar-refractivity contribution is 7.87. The first-order chi connectivity index (χ1) is 8.33. The van der Waals surface area contributed by atoms with Gasteiger partial charge >= 0.3 is 21.8 Å². The number of benzene rings is 1. The Hall–Kier alpha value is -1.52. The summed E-state index contributed by atoms with van der Waals surface area (Å²) in [6, 6.07) is -0.00202. The molecule has 0 bridgehead atoms. The Bertz CT molecular complexity index is 573. The average Bonchev–Trinajstić information content (AvgIpc) is 2.12. The summed E-state index contributed by atoms with van der Waals surface area (Å²) >= 11 is 0. The summed E-state index contributed by atoms with van der Waals surface area (Å²) in [5.41, 5.74) is -7.52. The lowest BCUT2D eigenvalue weighted by molar-refractivity contribution is -0.137. The molecule has 0 saturated heterocycles. The number of alkyl halides is 6. The Balaban J connectivity index is 3.21. The maximum Gasteiger partial charge on any atom is 0.534 e. The number of hydrogen-bond donors (Lipinski definition) is 0. The van der Waals surface area contributed by atoms with Crippen molar-refractivity contribution in [3.8, 4) is 5.75 Å². The van der Waals surface area contributed by atoms with Gasteiger partial charge in [-0.2, -0.15) is 34.8 Å². The summed E-state index contributed by atoms with van der Waals surface area (Å²) in [7, 11) is -6.16.